The topological polar surface area (TPSA) is 9.23 Å². The maximum atomic E-state index is 13.8. The van der Waals surface area contributed by atoms with Gasteiger partial charge in [-0.3, -0.25) is 0 Å². The first-order valence-corrected chi connectivity index (χ1v) is 6.89. The Hall–Kier alpha value is -0.580. The van der Waals surface area contributed by atoms with E-state index in [-0.39, 0.29) is 5.82 Å². The molecule has 1 atom stereocenters. The number of rotatable bonds is 3. The fourth-order valence-electron chi connectivity index (χ4n) is 1.46. The lowest BCUT2D eigenvalue weighted by atomic mass is 10.1. The van der Waals surface area contributed by atoms with E-state index in [2.05, 4.69) is 15.9 Å². The highest BCUT2D eigenvalue weighted by Gasteiger charge is 2.17. The van der Waals surface area contributed by atoms with Gasteiger partial charge < -0.3 is 4.74 Å². The summed E-state index contributed by atoms with van der Waals surface area (Å²) >= 11 is 11.1. The fourth-order valence-corrected chi connectivity index (χ4v) is 3.26. The Morgan fingerprint density at radius 3 is 2.65 bits per heavy atom. The summed E-state index contributed by atoms with van der Waals surface area (Å²) in [4.78, 5) is 0.905. The van der Waals surface area contributed by atoms with Crippen LogP contribution in [0.1, 0.15) is 15.8 Å². The average Bonchev–Trinajstić information content (AvgIpc) is 2.75. The van der Waals surface area contributed by atoms with Crippen molar-refractivity contribution in [2.45, 2.75) is 5.38 Å². The van der Waals surface area contributed by atoms with Crippen molar-refractivity contribution in [1.29, 1.82) is 0 Å². The molecule has 5 heteroatoms. The number of thiophene rings is 1. The molecule has 0 aliphatic carbocycles. The molecule has 1 unspecified atom stereocenters. The number of methoxy groups -OCH3 is 1. The molecular formula is C12H9BrClFOS. The average molecular weight is 336 g/mol. The molecule has 0 bridgehead atoms. The quantitative estimate of drug-likeness (QED) is 0.718. The van der Waals surface area contributed by atoms with E-state index in [9.17, 15) is 4.39 Å². The van der Waals surface area contributed by atoms with Crippen molar-refractivity contribution < 1.29 is 9.13 Å². The van der Waals surface area contributed by atoms with Crippen LogP contribution in [0.2, 0.25) is 0 Å². The third kappa shape index (κ3) is 2.81. The largest absolute Gasteiger partial charge is 0.497 e. The molecule has 1 heterocycles. The highest BCUT2D eigenvalue weighted by molar-refractivity contribution is 9.11. The highest BCUT2D eigenvalue weighted by Crippen LogP contribution is 2.37. The van der Waals surface area contributed by atoms with Crippen LogP contribution in [0.4, 0.5) is 4.39 Å². The molecule has 0 radical (unpaired) electrons. The van der Waals surface area contributed by atoms with Crippen LogP contribution < -0.4 is 4.74 Å². The van der Waals surface area contributed by atoms with E-state index in [0.29, 0.717) is 11.3 Å². The smallest absolute Gasteiger partial charge is 0.131 e. The van der Waals surface area contributed by atoms with Gasteiger partial charge in [0.25, 0.3) is 0 Å². The summed E-state index contributed by atoms with van der Waals surface area (Å²) in [6, 6.07) is 8.48. The van der Waals surface area contributed by atoms with Gasteiger partial charge in [0.1, 0.15) is 11.6 Å². The Labute approximate surface area is 116 Å². The Bertz CT molecular complexity index is 529. The minimum Gasteiger partial charge on any atom is -0.497 e. The van der Waals surface area contributed by atoms with Gasteiger partial charge in [-0.1, -0.05) is 6.07 Å². The first-order chi connectivity index (χ1) is 8.11. The molecule has 0 fully saturated rings. The number of halogens is 3. The molecule has 17 heavy (non-hydrogen) atoms. The van der Waals surface area contributed by atoms with Gasteiger partial charge in [0.15, 0.2) is 0 Å². The van der Waals surface area contributed by atoms with Gasteiger partial charge in [-0.2, -0.15) is 0 Å². The minimum atomic E-state index is -0.475. The Morgan fingerprint density at radius 2 is 2.12 bits per heavy atom. The van der Waals surface area contributed by atoms with Crippen LogP contribution in [-0.2, 0) is 0 Å². The van der Waals surface area contributed by atoms with E-state index in [0.717, 1.165) is 8.66 Å². The maximum absolute atomic E-state index is 13.8. The van der Waals surface area contributed by atoms with E-state index < -0.39 is 5.38 Å². The molecule has 0 saturated heterocycles. The minimum absolute atomic E-state index is 0.353. The second-order valence-corrected chi connectivity index (χ2v) is 6.32. The van der Waals surface area contributed by atoms with E-state index in [1.807, 2.05) is 12.1 Å². The van der Waals surface area contributed by atoms with Gasteiger partial charge in [0.05, 0.1) is 16.3 Å². The lowest BCUT2D eigenvalue weighted by molar-refractivity contribution is 0.411. The summed E-state index contributed by atoms with van der Waals surface area (Å²) in [5, 5.41) is -0.475. The second-order valence-electron chi connectivity index (χ2n) is 3.39. The van der Waals surface area contributed by atoms with Crippen LogP contribution >= 0.6 is 38.9 Å². The van der Waals surface area contributed by atoms with E-state index in [1.165, 1.54) is 24.5 Å². The Balaban J connectivity index is 2.34. The normalized spacial score (nSPS) is 12.5. The molecule has 90 valence electrons. The predicted molar refractivity (Wildman–Crippen MR) is 72.7 cm³/mol. The van der Waals surface area contributed by atoms with Crippen LogP contribution in [-0.4, -0.2) is 7.11 Å². The van der Waals surface area contributed by atoms with Gasteiger partial charge in [-0.25, -0.2) is 4.39 Å². The van der Waals surface area contributed by atoms with Gasteiger partial charge >= 0.3 is 0 Å². The number of alkyl halides is 1. The SMILES string of the molecule is COc1ccc(C(Cl)c2ccc(Br)s2)c(F)c1. The van der Waals surface area contributed by atoms with Crippen LogP contribution in [0.15, 0.2) is 34.1 Å². The molecule has 0 N–H and O–H groups in total. The van der Waals surface area contributed by atoms with Crippen LogP contribution in [0.25, 0.3) is 0 Å². The summed E-state index contributed by atoms with van der Waals surface area (Å²) < 4.78 is 19.7. The zero-order valence-electron chi connectivity index (χ0n) is 8.91. The van der Waals surface area contributed by atoms with Crippen molar-refractivity contribution in [3.05, 3.63) is 50.4 Å². The zero-order chi connectivity index (χ0) is 12.4. The van der Waals surface area contributed by atoms with E-state index in [4.69, 9.17) is 16.3 Å². The summed E-state index contributed by atoms with van der Waals surface area (Å²) in [6.07, 6.45) is 0. The standard InChI is InChI=1S/C12H9BrClFOS/c1-16-7-2-3-8(9(15)6-7)12(14)10-4-5-11(13)17-10/h2-6,12H,1H3. The number of ether oxygens (including phenoxy) is 1. The summed E-state index contributed by atoms with van der Waals surface area (Å²) in [5.41, 5.74) is 0.460. The first-order valence-electron chi connectivity index (χ1n) is 4.84. The van der Waals surface area contributed by atoms with Crippen molar-refractivity contribution in [3.63, 3.8) is 0 Å². The van der Waals surface area contributed by atoms with Crippen LogP contribution in [0.5, 0.6) is 5.75 Å². The lowest BCUT2D eigenvalue weighted by Crippen LogP contribution is -1.95. The number of benzene rings is 1. The molecule has 2 aromatic rings. The van der Waals surface area contributed by atoms with Gasteiger partial charge in [-0.15, -0.1) is 22.9 Å². The van der Waals surface area contributed by atoms with Crippen molar-refractivity contribution in [2.75, 3.05) is 7.11 Å². The van der Waals surface area contributed by atoms with Crippen molar-refractivity contribution in [2.24, 2.45) is 0 Å². The number of hydrogen-bond donors (Lipinski definition) is 0. The van der Waals surface area contributed by atoms with Crippen LogP contribution in [0, 0.1) is 5.82 Å². The second kappa shape index (κ2) is 5.38. The first kappa shape index (κ1) is 12.9. The fraction of sp³-hybridized carbons (Fsp3) is 0.167. The van der Waals surface area contributed by atoms with Gasteiger partial charge in [-0.05, 0) is 34.1 Å². The highest BCUT2D eigenvalue weighted by atomic mass is 79.9. The molecule has 1 nitrogen and oxygen atoms in total. The van der Waals surface area contributed by atoms with Crippen molar-refractivity contribution in [1.82, 2.24) is 0 Å². The van der Waals surface area contributed by atoms with Crippen molar-refractivity contribution in [3.8, 4) is 5.75 Å². The van der Waals surface area contributed by atoms with Crippen molar-refractivity contribution >= 4 is 38.9 Å². The maximum Gasteiger partial charge on any atom is 0.131 e. The molecule has 2 rings (SSSR count). The number of hydrogen-bond acceptors (Lipinski definition) is 2. The van der Waals surface area contributed by atoms with Gasteiger partial charge in [0.2, 0.25) is 0 Å². The predicted octanol–water partition coefficient (Wildman–Crippen LogP) is 4.99. The third-order valence-corrected chi connectivity index (χ3v) is 4.61. The third-order valence-electron chi connectivity index (χ3n) is 2.32. The zero-order valence-corrected chi connectivity index (χ0v) is 12.1. The van der Waals surface area contributed by atoms with E-state index >= 15 is 0 Å². The molecule has 0 spiro atoms. The molecular weight excluding hydrogens is 327 g/mol. The van der Waals surface area contributed by atoms with Crippen LogP contribution in [0.3, 0.4) is 0 Å². The Kier molecular flexibility index (Phi) is 4.07. The molecule has 1 aromatic heterocycles. The summed E-state index contributed by atoms with van der Waals surface area (Å²) in [5.74, 6) is 0.136. The molecule has 0 aliphatic heterocycles. The molecule has 0 amide bonds. The lowest BCUT2D eigenvalue weighted by Gasteiger charge is -2.10. The summed E-state index contributed by atoms with van der Waals surface area (Å²) in [7, 11) is 1.50. The monoisotopic (exact) mass is 334 g/mol. The Morgan fingerprint density at radius 1 is 1.35 bits per heavy atom. The van der Waals surface area contributed by atoms with Gasteiger partial charge in [0, 0.05) is 16.5 Å². The molecule has 0 saturated carbocycles. The molecule has 0 aliphatic rings. The molecule has 1 aromatic carbocycles. The van der Waals surface area contributed by atoms with E-state index in [1.54, 1.807) is 12.1 Å². The summed E-state index contributed by atoms with van der Waals surface area (Å²) in [6.45, 7) is 0.